The third-order valence-electron chi connectivity index (χ3n) is 11.0. The standard InChI is InChI=1S/C44H47N11O7S/c1-44(2,40-50-36(53-62-40)12-13-47-41(57)51-37-25-54-24-28(8-11-38(54)49-37)30-16-33(60-4)22-46-20-30)18-31-9-6-26(14-39(56)61-5)23-55(31)43(58)52-42-48-34-10-7-27(17-35(34)63-42)29-15-32(59-3)21-45-19-29/h7-8,10-11,15-17,19-22,24-26,31H,6,9,12-14,18,23H2,1-5H3,(H2,47,51,57)(H,48,52,58). The average molecular weight is 874 g/mol. The number of hydrogen-bond acceptors (Lipinski definition) is 14. The van der Waals surface area contributed by atoms with Gasteiger partial charge in [-0.25, -0.2) is 19.6 Å². The summed E-state index contributed by atoms with van der Waals surface area (Å²) in [6, 6.07) is 12.5. The Morgan fingerprint density at radius 3 is 2.35 bits per heavy atom. The number of methoxy groups -OCH3 is 3. The lowest BCUT2D eigenvalue weighted by atomic mass is 9.80. The molecule has 0 bridgehead atoms. The minimum absolute atomic E-state index is 0.0697. The third kappa shape index (κ3) is 9.99. The zero-order valence-electron chi connectivity index (χ0n) is 35.5. The van der Waals surface area contributed by atoms with Crippen LogP contribution >= 0.6 is 11.3 Å². The van der Waals surface area contributed by atoms with Crippen molar-refractivity contribution in [2.24, 2.45) is 5.92 Å². The highest BCUT2D eigenvalue weighted by Gasteiger charge is 2.39. The van der Waals surface area contributed by atoms with Crippen LogP contribution in [0.1, 0.15) is 51.2 Å². The van der Waals surface area contributed by atoms with E-state index >= 15 is 0 Å². The number of nitrogens with zero attached hydrogens (tertiary/aromatic N) is 8. The second kappa shape index (κ2) is 18.4. The molecule has 0 radical (unpaired) electrons. The van der Waals surface area contributed by atoms with Crippen molar-refractivity contribution >= 4 is 56.2 Å². The molecule has 1 aliphatic heterocycles. The number of carbonyl (C=O) groups is 3. The van der Waals surface area contributed by atoms with E-state index in [2.05, 4.69) is 36.1 Å². The number of benzene rings is 1. The highest BCUT2D eigenvalue weighted by Crippen LogP contribution is 2.36. The molecule has 7 aromatic rings. The number of esters is 1. The molecule has 4 amide bonds. The number of imidazole rings is 1. The molecule has 2 unspecified atom stereocenters. The van der Waals surface area contributed by atoms with Gasteiger partial charge in [-0.2, -0.15) is 4.98 Å². The van der Waals surface area contributed by atoms with Gasteiger partial charge in [0, 0.05) is 66.2 Å². The lowest BCUT2D eigenvalue weighted by molar-refractivity contribution is -0.142. The fourth-order valence-corrected chi connectivity index (χ4v) is 8.62. The smallest absolute Gasteiger partial charge is 0.323 e. The predicted octanol–water partition coefficient (Wildman–Crippen LogP) is 7.38. The number of hydrogen-bond donors (Lipinski definition) is 3. The summed E-state index contributed by atoms with van der Waals surface area (Å²) in [4.78, 5) is 63.4. The molecule has 0 aliphatic carbocycles. The van der Waals surface area contributed by atoms with Crippen LogP contribution in [-0.4, -0.2) is 97.9 Å². The maximum absolute atomic E-state index is 14.1. The molecule has 18 nitrogen and oxygen atoms in total. The highest BCUT2D eigenvalue weighted by molar-refractivity contribution is 7.22. The molecule has 0 spiro atoms. The number of carbonyl (C=O) groups excluding carboxylic acids is 3. The Bertz CT molecular complexity index is 2770. The minimum atomic E-state index is -0.623. The van der Waals surface area contributed by atoms with E-state index in [4.69, 9.17) is 28.7 Å². The SMILES string of the molecule is COC(=O)CC1CCC(CC(C)(C)c2nc(CCNC(=O)Nc3cn4cc(-c5cncc(OC)c5)ccc4n3)no2)N(C(=O)Nc2nc3ccc(-c4cncc(OC)c4)cc3s2)C1. The van der Waals surface area contributed by atoms with Crippen LogP contribution in [0.3, 0.4) is 0 Å². The van der Waals surface area contributed by atoms with Crippen LogP contribution in [0.5, 0.6) is 11.5 Å². The second-order valence-corrected chi connectivity index (χ2v) is 17.0. The van der Waals surface area contributed by atoms with Crippen LogP contribution < -0.4 is 25.4 Å². The van der Waals surface area contributed by atoms with E-state index in [0.717, 1.165) is 38.9 Å². The van der Waals surface area contributed by atoms with Crippen LogP contribution in [0, 0.1) is 5.92 Å². The number of anilines is 2. The summed E-state index contributed by atoms with van der Waals surface area (Å²) in [5, 5.41) is 13.3. The van der Waals surface area contributed by atoms with Gasteiger partial charge in [0.25, 0.3) is 0 Å². The van der Waals surface area contributed by atoms with Crippen molar-refractivity contribution in [3.8, 4) is 33.8 Å². The molecule has 2 atom stereocenters. The number of rotatable bonds is 14. The molecule has 19 heteroatoms. The molecule has 63 heavy (non-hydrogen) atoms. The quantitative estimate of drug-likeness (QED) is 0.0912. The molecule has 7 heterocycles. The van der Waals surface area contributed by atoms with Crippen LogP contribution in [0.2, 0.25) is 0 Å². The summed E-state index contributed by atoms with van der Waals surface area (Å²) in [5.41, 5.74) is 4.44. The first-order valence-corrected chi connectivity index (χ1v) is 21.2. The number of pyridine rings is 3. The van der Waals surface area contributed by atoms with Gasteiger partial charge in [0.15, 0.2) is 16.8 Å². The van der Waals surface area contributed by atoms with Gasteiger partial charge < -0.3 is 33.4 Å². The van der Waals surface area contributed by atoms with Gasteiger partial charge in [-0.3, -0.25) is 25.4 Å². The number of thiazole rings is 1. The Kier molecular flexibility index (Phi) is 12.5. The van der Waals surface area contributed by atoms with E-state index in [-0.39, 0.29) is 36.9 Å². The van der Waals surface area contributed by atoms with E-state index in [1.54, 1.807) is 50.1 Å². The van der Waals surface area contributed by atoms with Gasteiger partial charge in [0.2, 0.25) is 5.89 Å². The van der Waals surface area contributed by atoms with E-state index in [1.807, 2.05) is 66.9 Å². The van der Waals surface area contributed by atoms with Crippen LogP contribution in [-0.2, 0) is 21.4 Å². The summed E-state index contributed by atoms with van der Waals surface area (Å²) in [5.74, 6) is 2.16. The largest absolute Gasteiger partial charge is 0.495 e. The third-order valence-corrected chi connectivity index (χ3v) is 12.0. The molecule has 1 saturated heterocycles. The number of nitrogens with one attached hydrogen (secondary N) is 3. The second-order valence-electron chi connectivity index (χ2n) is 15.9. The molecule has 6 aromatic heterocycles. The maximum atomic E-state index is 14.1. The fraction of sp³-hybridized carbons (Fsp3) is 0.341. The van der Waals surface area contributed by atoms with Gasteiger partial charge in [0.1, 0.15) is 17.1 Å². The van der Waals surface area contributed by atoms with Crippen molar-refractivity contribution in [3.05, 3.63) is 91.4 Å². The van der Waals surface area contributed by atoms with Crippen LogP contribution in [0.15, 0.2) is 84.2 Å². The normalized spacial score (nSPS) is 15.3. The van der Waals surface area contributed by atoms with Crippen molar-refractivity contribution in [2.45, 2.75) is 57.4 Å². The number of aromatic nitrogens is 7. The van der Waals surface area contributed by atoms with Crippen molar-refractivity contribution in [1.82, 2.24) is 44.7 Å². The molecule has 0 saturated carbocycles. The lowest BCUT2D eigenvalue weighted by Crippen LogP contribution is -2.51. The topological polar surface area (TPSA) is 213 Å². The molecule has 1 fully saturated rings. The summed E-state index contributed by atoms with van der Waals surface area (Å²) in [7, 11) is 4.57. The van der Waals surface area contributed by atoms with Gasteiger partial charge >= 0.3 is 18.0 Å². The zero-order valence-corrected chi connectivity index (χ0v) is 36.3. The Hall–Kier alpha value is -7.15. The van der Waals surface area contributed by atoms with Gasteiger partial charge in [-0.15, -0.1) is 0 Å². The number of piperidine rings is 1. The van der Waals surface area contributed by atoms with Gasteiger partial charge in [-0.1, -0.05) is 36.4 Å². The summed E-state index contributed by atoms with van der Waals surface area (Å²) >= 11 is 1.38. The summed E-state index contributed by atoms with van der Waals surface area (Å²) in [6.07, 6.45) is 12.9. The van der Waals surface area contributed by atoms with Crippen LogP contribution in [0.25, 0.3) is 38.1 Å². The average Bonchev–Trinajstić information content (AvgIpc) is 4.05. The maximum Gasteiger partial charge on any atom is 0.323 e. The van der Waals surface area contributed by atoms with Crippen molar-refractivity contribution in [2.75, 3.05) is 45.1 Å². The Morgan fingerprint density at radius 1 is 0.857 bits per heavy atom. The zero-order chi connectivity index (χ0) is 44.1. The van der Waals surface area contributed by atoms with E-state index in [0.29, 0.717) is 65.6 Å². The van der Waals surface area contributed by atoms with Gasteiger partial charge in [-0.05, 0) is 67.1 Å². The molecular formula is C44H47N11O7S. The number of likely N-dealkylation sites (tertiary alicyclic amines) is 1. The molecule has 1 aliphatic rings. The number of ether oxygens (including phenoxy) is 3. The highest BCUT2D eigenvalue weighted by atomic mass is 32.1. The first-order valence-electron chi connectivity index (χ1n) is 20.4. The van der Waals surface area contributed by atoms with Gasteiger partial charge in [0.05, 0.1) is 56.6 Å². The van der Waals surface area contributed by atoms with Crippen molar-refractivity contribution < 1.29 is 33.1 Å². The van der Waals surface area contributed by atoms with E-state index < -0.39 is 11.4 Å². The van der Waals surface area contributed by atoms with Crippen molar-refractivity contribution in [3.63, 3.8) is 0 Å². The Labute approximate surface area is 366 Å². The lowest BCUT2D eigenvalue weighted by Gasteiger charge is -2.41. The minimum Gasteiger partial charge on any atom is -0.495 e. The Balaban J connectivity index is 0.882. The summed E-state index contributed by atoms with van der Waals surface area (Å²) in [6.45, 7) is 4.61. The molecule has 326 valence electrons. The van der Waals surface area contributed by atoms with E-state index in [1.165, 1.54) is 18.4 Å². The number of urea groups is 2. The molecule has 1 aromatic carbocycles. The molecule has 3 N–H and O–H groups in total. The first kappa shape index (κ1) is 42.5. The predicted molar refractivity (Wildman–Crippen MR) is 236 cm³/mol. The van der Waals surface area contributed by atoms with Crippen molar-refractivity contribution in [1.29, 1.82) is 0 Å². The monoisotopic (exact) mass is 873 g/mol. The summed E-state index contributed by atoms with van der Waals surface area (Å²) < 4.78 is 24.1. The number of fused-ring (bicyclic) bond motifs is 2. The molecular weight excluding hydrogens is 827 g/mol. The number of amides is 4. The molecule has 8 rings (SSSR count). The van der Waals surface area contributed by atoms with Crippen LogP contribution in [0.4, 0.5) is 20.5 Å². The Morgan fingerprint density at radius 2 is 1.60 bits per heavy atom. The van der Waals surface area contributed by atoms with E-state index in [9.17, 15) is 14.4 Å². The fourth-order valence-electron chi connectivity index (χ4n) is 7.72. The first-order chi connectivity index (χ1) is 30.5.